The molecule has 0 aliphatic rings. The van der Waals surface area contributed by atoms with Crippen LogP contribution in [0.25, 0.3) is 0 Å². The van der Waals surface area contributed by atoms with Gasteiger partial charge in [-0.05, 0) is 18.8 Å². The molecular formula is C9H22O. The summed E-state index contributed by atoms with van der Waals surface area (Å²) in [6.45, 7) is 12.2. The van der Waals surface area contributed by atoms with Crippen LogP contribution in [0.2, 0.25) is 0 Å². The van der Waals surface area contributed by atoms with Gasteiger partial charge in [0.15, 0.2) is 0 Å². The van der Waals surface area contributed by atoms with Gasteiger partial charge >= 0.3 is 0 Å². The van der Waals surface area contributed by atoms with Crippen LogP contribution in [0.1, 0.15) is 48.0 Å². The van der Waals surface area contributed by atoms with Gasteiger partial charge in [0.25, 0.3) is 0 Å². The van der Waals surface area contributed by atoms with Crippen LogP contribution >= 0.6 is 0 Å². The van der Waals surface area contributed by atoms with Gasteiger partial charge in [-0.1, -0.05) is 34.6 Å². The third-order valence-corrected chi connectivity index (χ3v) is 0.908. The summed E-state index contributed by atoms with van der Waals surface area (Å²) in [5, 5.41) is 8.89. The van der Waals surface area contributed by atoms with Gasteiger partial charge in [0.1, 0.15) is 0 Å². The Bertz CT molecular complexity index is 59.6. The molecule has 1 nitrogen and oxygen atoms in total. The highest BCUT2D eigenvalue weighted by Crippen LogP contribution is 2.19. The van der Waals surface area contributed by atoms with Crippen LogP contribution in [0.15, 0.2) is 0 Å². The van der Waals surface area contributed by atoms with Crippen molar-refractivity contribution in [3.63, 3.8) is 0 Å². The molecule has 0 saturated carbocycles. The van der Waals surface area contributed by atoms with E-state index in [0.717, 1.165) is 6.42 Å². The van der Waals surface area contributed by atoms with Crippen molar-refractivity contribution < 1.29 is 5.11 Å². The maximum absolute atomic E-state index is 8.89. The molecule has 0 aliphatic heterocycles. The van der Waals surface area contributed by atoms with E-state index in [2.05, 4.69) is 20.8 Å². The molecule has 64 valence electrons. The summed E-state index contributed by atoms with van der Waals surface area (Å²) in [5.41, 5.74) is 0.272. The van der Waals surface area contributed by atoms with Crippen LogP contribution < -0.4 is 0 Å². The highest BCUT2D eigenvalue weighted by atomic mass is 16.3. The maximum Gasteiger partial charge on any atom is 0.0517 e. The topological polar surface area (TPSA) is 20.2 Å². The molecule has 1 heteroatoms. The van der Waals surface area contributed by atoms with Gasteiger partial charge < -0.3 is 5.11 Å². The van der Waals surface area contributed by atoms with E-state index in [4.69, 9.17) is 5.11 Å². The average molecular weight is 146 g/mol. The molecule has 1 N–H and O–H groups in total. The molecule has 10 heavy (non-hydrogen) atoms. The predicted molar refractivity (Wildman–Crippen MR) is 47.1 cm³/mol. The highest BCUT2D eigenvalue weighted by Gasteiger charge is 2.12. The molecule has 0 bridgehead atoms. The van der Waals surface area contributed by atoms with Crippen LogP contribution in [0.5, 0.6) is 0 Å². The van der Waals surface area contributed by atoms with Crippen molar-refractivity contribution in [2.45, 2.75) is 54.1 Å². The molecule has 1 atom stereocenters. The molecule has 0 fully saturated rings. The summed E-state index contributed by atoms with van der Waals surface area (Å²) in [6.07, 6.45) is 0.725. The Morgan fingerprint density at radius 2 is 1.50 bits per heavy atom. The third-order valence-electron chi connectivity index (χ3n) is 0.908. The Morgan fingerprint density at radius 3 is 1.50 bits per heavy atom. The monoisotopic (exact) mass is 146 g/mol. The Kier molecular flexibility index (Phi) is 7.22. The normalized spacial score (nSPS) is 13.5. The van der Waals surface area contributed by atoms with Crippen LogP contribution in [0.4, 0.5) is 0 Å². The fourth-order valence-electron chi connectivity index (χ4n) is 0.886. The van der Waals surface area contributed by atoms with Crippen molar-refractivity contribution in [1.82, 2.24) is 0 Å². The molecule has 0 rings (SSSR count). The van der Waals surface area contributed by atoms with Crippen LogP contribution in [-0.2, 0) is 0 Å². The van der Waals surface area contributed by atoms with E-state index in [9.17, 15) is 0 Å². The molecule has 0 aromatic carbocycles. The van der Waals surface area contributed by atoms with E-state index in [1.807, 2.05) is 20.8 Å². The summed E-state index contributed by atoms with van der Waals surface area (Å²) in [4.78, 5) is 0. The zero-order chi connectivity index (χ0) is 8.78. The second-order valence-corrected chi connectivity index (χ2v) is 3.61. The van der Waals surface area contributed by atoms with Gasteiger partial charge in [-0.3, -0.25) is 0 Å². The van der Waals surface area contributed by atoms with E-state index in [1.165, 1.54) is 0 Å². The van der Waals surface area contributed by atoms with E-state index >= 15 is 0 Å². The molecule has 0 aromatic heterocycles. The van der Waals surface area contributed by atoms with Gasteiger partial charge in [-0.15, -0.1) is 0 Å². The fraction of sp³-hybridized carbons (Fsp3) is 1.00. The lowest BCUT2D eigenvalue weighted by Crippen LogP contribution is -2.13. The summed E-state index contributed by atoms with van der Waals surface area (Å²) in [5.74, 6) is 0. The van der Waals surface area contributed by atoms with Crippen molar-refractivity contribution in [3.8, 4) is 0 Å². The molecule has 1 unspecified atom stereocenters. The third kappa shape index (κ3) is 15.7. The Hall–Kier alpha value is -0.0400. The van der Waals surface area contributed by atoms with Crippen LogP contribution in [0, 0.1) is 5.41 Å². The van der Waals surface area contributed by atoms with Gasteiger partial charge in [-0.2, -0.15) is 0 Å². The quantitative estimate of drug-likeness (QED) is 0.603. The second-order valence-electron chi connectivity index (χ2n) is 3.61. The van der Waals surface area contributed by atoms with Crippen molar-refractivity contribution in [3.05, 3.63) is 0 Å². The smallest absolute Gasteiger partial charge is 0.0517 e. The zero-order valence-electron chi connectivity index (χ0n) is 8.23. The Labute approximate surface area is 65.5 Å². The molecule has 0 aliphatic carbocycles. The van der Waals surface area contributed by atoms with Gasteiger partial charge in [-0.25, -0.2) is 0 Å². The second kappa shape index (κ2) is 5.72. The zero-order valence-corrected chi connectivity index (χ0v) is 8.23. The molecular weight excluding hydrogens is 124 g/mol. The van der Waals surface area contributed by atoms with Crippen LogP contribution in [0.3, 0.4) is 0 Å². The molecule has 0 heterocycles. The SMILES string of the molecule is CC.CC(O)CC(C)(C)C. The van der Waals surface area contributed by atoms with E-state index in [0.29, 0.717) is 0 Å². The van der Waals surface area contributed by atoms with Crippen molar-refractivity contribution in [1.29, 1.82) is 0 Å². The molecule has 0 spiro atoms. The van der Waals surface area contributed by atoms with E-state index in [1.54, 1.807) is 0 Å². The lowest BCUT2D eigenvalue weighted by atomic mass is 9.90. The van der Waals surface area contributed by atoms with Crippen molar-refractivity contribution >= 4 is 0 Å². The predicted octanol–water partition coefficient (Wildman–Crippen LogP) is 2.83. The number of aliphatic hydroxyl groups is 1. The first kappa shape index (κ1) is 12.6. The summed E-state index contributed by atoms with van der Waals surface area (Å²) < 4.78 is 0. The number of rotatable bonds is 1. The molecule has 0 aromatic rings. The minimum absolute atomic E-state index is 0.157. The molecule has 0 amide bonds. The first-order valence-electron chi connectivity index (χ1n) is 4.10. The van der Waals surface area contributed by atoms with Gasteiger partial charge in [0.05, 0.1) is 6.10 Å². The lowest BCUT2D eigenvalue weighted by molar-refractivity contribution is 0.138. The Morgan fingerprint density at radius 1 is 1.20 bits per heavy atom. The van der Waals surface area contributed by atoms with Crippen LogP contribution in [-0.4, -0.2) is 11.2 Å². The maximum atomic E-state index is 8.89. The first-order chi connectivity index (χ1) is 4.42. The van der Waals surface area contributed by atoms with Crippen molar-refractivity contribution in [2.24, 2.45) is 5.41 Å². The average Bonchev–Trinajstić information content (AvgIpc) is 1.64. The summed E-state index contributed by atoms with van der Waals surface area (Å²) in [7, 11) is 0. The summed E-state index contributed by atoms with van der Waals surface area (Å²) >= 11 is 0. The van der Waals surface area contributed by atoms with Gasteiger partial charge in [0.2, 0.25) is 0 Å². The molecule has 0 saturated heterocycles. The molecule has 0 radical (unpaired) electrons. The lowest BCUT2D eigenvalue weighted by Gasteiger charge is -2.19. The summed E-state index contributed by atoms with van der Waals surface area (Å²) in [6, 6.07) is 0. The van der Waals surface area contributed by atoms with Crippen molar-refractivity contribution in [2.75, 3.05) is 0 Å². The largest absolute Gasteiger partial charge is 0.393 e. The first-order valence-corrected chi connectivity index (χ1v) is 4.10. The van der Waals surface area contributed by atoms with E-state index < -0.39 is 0 Å². The standard InChI is InChI=1S/C7H16O.C2H6/c1-6(8)5-7(2,3)4;1-2/h6,8H,5H2,1-4H3;1-2H3. The minimum Gasteiger partial charge on any atom is -0.393 e. The number of hydrogen-bond acceptors (Lipinski definition) is 1. The minimum atomic E-state index is -0.157. The van der Waals surface area contributed by atoms with Gasteiger partial charge in [0, 0.05) is 0 Å². The number of hydrogen-bond donors (Lipinski definition) is 1. The fourth-order valence-corrected chi connectivity index (χ4v) is 0.886. The van der Waals surface area contributed by atoms with E-state index in [-0.39, 0.29) is 11.5 Å². The number of aliphatic hydroxyl groups excluding tert-OH is 1. The Balaban J connectivity index is 0. The highest BCUT2D eigenvalue weighted by molar-refractivity contribution is 4.63.